The summed E-state index contributed by atoms with van der Waals surface area (Å²) in [6.45, 7) is 3.75. The molecule has 2 aromatic heterocycles. The fourth-order valence-corrected chi connectivity index (χ4v) is 3.45. The monoisotopic (exact) mass is 438 g/mol. The van der Waals surface area contributed by atoms with Crippen LogP contribution < -0.4 is 4.74 Å². The van der Waals surface area contributed by atoms with Crippen LogP contribution in [0.1, 0.15) is 28.2 Å². The van der Waals surface area contributed by atoms with E-state index in [1.807, 2.05) is 42.8 Å². The first kappa shape index (κ1) is 21.5. The molecule has 8 heteroatoms. The maximum Gasteiger partial charge on any atom is 0.416 e. The van der Waals surface area contributed by atoms with Gasteiger partial charge in [-0.1, -0.05) is 18.2 Å². The number of halogens is 3. The van der Waals surface area contributed by atoms with Crippen LogP contribution in [0.15, 0.2) is 61.2 Å². The molecule has 0 aliphatic rings. The highest BCUT2D eigenvalue weighted by atomic mass is 19.4. The van der Waals surface area contributed by atoms with E-state index in [0.717, 1.165) is 34.6 Å². The third-order valence-electron chi connectivity index (χ3n) is 5.10. The molecule has 4 rings (SSSR count). The number of aryl methyl sites for hydroxylation is 2. The highest BCUT2D eigenvalue weighted by molar-refractivity contribution is 5.63. The maximum absolute atomic E-state index is 12.9. The van der Waals surface area contributed by atoms with Crippen molar-refractivity contribution in [2.45, 2.75) is 26.4 Å². The van der Waals surface area contributed by atoms with Gasteiger partial charge in [0.05, 0.1) is 36.1 Å². The molecule has 0 spiro atoms. The van der Waals surface area contributed by atoms with Crippen LogP contribution >= 0.6 is 0 Å². The first-order valence-corrected chi connectivity index (χ1v) is 9.92. The van der Waals surface area contributed by atoms with Gasteiger partial charge < -0.3 is 9.30 Å². The van der Waals surface area contributed by atoms with Crippen LogP contribution in [0, 0.1) is 13.8 Å². The lowest BCUT2D eigenvalue weighted by Crippen LogP contribution is -2.05. The summed E-state index contributed by atoms with van der Waals surface area (Å²) >= 11 is 0. The largest absolute Gasteiger partial charge is 0.495 e. The summed E-state index contributed by atoms with van der Waals surface area (Å²) in [5.74, 6) is 1.26. The molecular weight excluding hydrogens is 417 g/mol. The predicted octanol–water partition coefficient (Wildman–Crippen LogP) is 5.56. The van der Waals surface area contributed by atoms with Crippen molar-refractivity contribution in [2.75, 3.05) is 7.11 Å². The molecule has 0 bridgehead atoms. The third kappa shape index (κ3) is 4.49. The topological polar surface area (TPSA) is 52.8 Å². The zero-order chi connectivity index (χ0) is 22.9. The zero-order valence-electron chi connectivity index (χ0n) is 17.8. The van der Waals surface area contributed by atoms with Gasteiger partial charge in [0.2, 0.25) is 0 Å². The molecule has 0 aliphatic heterocycles. The van der Waals surface area contributed by atoms with Crippen LogP contribution in [0.2, 0.25) is 0 Å². The standard InChI is InChI=1S/C24H21F3N4O/c1-15-12-28-22(30-23(15)18-5-7-19(8-6-18)24(25,26)27)11-17-4-9-20(21(10-17)32-3)31-13-16(2)29-14-31/h4-10,12-14H,11H2,1-3H3. The average Bonchev–Trinajstić information content (AvgIpc) is 3.20. The predicted molar refractivity (Wildman–Crippen MR) is 115 cm³/mol. The molecule has 0 unspecified atom stereocenters. The number of ether oxygens (including phenoxy) is 1. The average molecular weight is 438 g/mol. The molecule has 0 radical (unpaired) electrons. The number of alkyl halides is 3. The summed E-state index contributed by atoms with van der Waals surface area (Å²) in [6, 6.07) is 10.8. The third-order valence-corrected chi connectivity index (χ3v) is 5.10. The van der Waals surface area contributed by atoms with Gasteiger partial charge in [-0.3, -0.25) is 0 Å². The number of imidazole rings is 1. The molecule has 5 nitrogen and oxygen atoms in total. The van der Waals surface area contributed by atoms with Crippen molar-refractivity contribution in [1.29, 1.82) is 0 Å². The van der Waals surface area contributed by atoms with E-state index in [1.165, 1.54) is 12.1 Å². The van der Waals surface area contributed by atoms with Crippen molar-refractivity contribution in [3.05, 3.63) is 89.4 Å². The van der Waals surface area contributed by atoms with Gasteiger partial charge >= 0.3 is 6.18 Å². The molecule has 2 heterocycles. The number of hydrogen-bond acceptors (Lipinski definition) is 4. The fraction of sp³-hybridized carbons (Fsp3) is 0.208. The Morgan fingerprint density at radius 3 is 2.38 bits per heavy atom. The second-order valence-electron chi connectivity index (χ2n) is 7.50. The van der Waals surface area contributed by atoms with E-state index in [2.05, 4.69) is 15.0 Å². The molecule has 4 aromatic rings. The summed E-state index contributed by atoms with van der Waals surface area (Å²) in [6.07, 6.45) is 1.41. The Morgan fingerprint density at radius 1 is 1.00 bits per heavy atom. The molecule has 0 aliphatic carbocycles. The lowest BCUT2D eigenvalue weighted by atomic mass is 10.0. The van der Waals surface area contributed by atoms with Gasteiger partial charge in [-0.2, -0.15) is 13.2 Å². The van der Waals surface area contributed by atoms with E-state index in [-0.39, 0.29) is 0 Å². The van der Waals surface area contributed by atoms with Crippen molar-refractivity contribution in [2.24, 2.45) is 0 Å². The molecule has 0 saturated carbocycles. The second-order valence-corrected chi connectivity index (χ2v) is 7.50. The number of benzene rings is 2. The van der Waals surface area contributed by atoms with E-state index >= 15 is 0 Å². The minimum absolute atomic E-state index is 0.452. The molecule has 0 N–H and O–H groups in total. The molecule has 0 atom stereocenters. The van der Waals surface area contributed by atoms with Crippen LogP contribution in [0.3, 0.4) is 0 Å². The second kappa shape index (κ2) is 8.45. The van der Waals surface area contributed by atoms with Gasteiger partial charge in [0.15, 0.2) is 0 Å². The molecule has 2 aromatic carbocycles. The minimum Gasteiger partial charge on any atom is -0.495 e. The number of nitrogens with zero attached hydrogens (tertiary/aromatic N) is 4. The van der Waals surface area contributed by atoms with Crippen molar-refractivity contribution in [3.8, 4) is 22.7 Å². The van der Waals surface area contributed by atoms with E-state index < -0.39 is 11.7 Å². The van der Waals surface area contributed by atoms with Gasteiger partial charge in [0.1, 0.15) is 11.6 Å². The molecule has 0 saturated heterocycles. The lowest BCUT2D eigenvalue weighted by molar-refractivity contribution is -0.137. The van der Waals surface area contributed by atoms with Crippen LogP contribution in [-0.2, 0) is 12.6 Å². The normalized spacial score (nSPS) is 11.6. The first-order chi connectivity index (χ1) is 15.2. The number of rotatable bonds is 5. The van der Waals surface area contributed by atoms with E-state index in [4.69, 9.17) is 4.74 Å². The summed E-state index contributed by atoms with van der Waals surface area (Å²) in [5, 5.41) is 0. The Morgan fingerprint density at radius 2 is 1.75 bits per heavy atom. The van der Waals surface area contributed by atoms with Crippen LogP contribution in [0.4, 0.5) is 13.2 Å². The van der Waals surface area contributed by atoms with Gasteiger partial charge in [0.25, 0.3) is 0 Å². The number of methoxy groups -OCH3 is 1. The summed E-state index contributed by atoms with van der Waals surface area (Å²) in [5.41, 5.74) is 4.05. The van der Waals surface area contributed by atoms with E-state index in [9.17, 15) is 13.2 Å². The molecule has 0 fully saturated rings. The highest BCUT2D eigenvalue weighted by Gasteiger charge is 2.30. The van der Waals surface area contributed by atoms with Crippen LogP contribution in [0.5, 0.6) is 5.75 Å². The van der Waals surface area contributed by atoms with E-state index in [1.54, 1.807) is 19.6 Å². The summed E-state index contributed by atoms with van der Waals surface area (Å²) in [7, 11) is 1.61. The van der Waals surface area contributed by atoms with Crippen molar-refractivity contribution in [3.63, 3.8) is 0 Å². The van der Waals surface area contributed by atoms with Crippen molar-refractivity contribution in [1.82, 2.24) is 19.5 Å². The van der Waals surface area contributed by atoms with E-state index in [0.29, 0.717) is 29.3 Å². The van der Waals surface area contributed by atoms with Crippen molar-refractivity contribution < 1.29 is 17.9 Å². The Bertz CT molecular complexity index is 1250. The Hall–Kier alpha value is -3.68. The molecule has 164 valence electrons. The lowest BCUT2D eigenvalue weighted by Gasteiger charge is -2.12. The first-order valence-electron chi connectivity index (χ1n) is 9.92. The summed E-state index contributed by atoms with van der Waals surface area (Å²) in [4.78, 5) is 13.3. The fourth-order valence-electron chi connectivity index (χ4n) is 3.45. The Balaban J connectivity index is 1.62. The van der Waals surface area contributed by atoms with Crippen LogP contribution in [-0.4, -0.2) is 26.6 Å². The van der Waals surface area contributed by atoms with Gasteiger partial charge in [-0.05, 0) is 49.2 Å². The highest BCUT2D eigenvalue weighted by Crippen LogP contribution is 2.31. The Labute approximate surface area is 183 Å². The van der Waals surface area contributed by atoms with Gasteiger partial charge in [-0.25, -0.2) is 15.0 Å². The zero-order valence-corrected chi connectivity index (χ0v) is 17.8. The summed E-state index contributed by atoms with van der Waals surface area (Å²) < 4.78 is 46.0. The van der Waals surface area contributed by atoms with Crippen LogP contribution in [0.25, 0.3) is 16.9 Å². The maximum atomic E-state index is 12.9. The molecular formula is C24H21F3N4O. The van der Waals surface area contributed by atoms with Gasteiger partial charge in [-0.15, -0.1) is 0 Å². The molecule has 0 amide bonds. The molecule has 32 heavy (non-hydrogen) atoms. The van der Waals surface area contributed by atoms with Gasteiger partial charge in [0, 0.05) is 24.4 Å². The SMILES string of the molecule is COc1cc(Cc2ncc(C)c(-c3ccc(C(F)(F)F)cc3)n2)ccc1-n1cnc(C)c1. The number of hydrogen-bond donors (Lipinski definition) is 0. The quantitative estimate of drug-likeness (QED) is 0.409. The Kier molecular flexibility index (Phi) is 5.69. The smallest absolute Gasteiger partial charge is 0.416 e. The minimum atomic E-state index is -4.37. The number of aromatic nitrogens is 4. The van der Waals surface area contributed by atoms with Crippen molar-refractivity contribution >= 4 is 0 Å².